The van der Waals surface area contributed by atoms with Gasteiger partial charge in [0.25, 0.3) is 0 Å². The lowest BCUT2D eigenvalue weighted by Gasteiger charge is -2.08. The van der Waals surface area contributed by atoms with Crippen molar-refractivity contribution in [1.82, 2.24) is 5.32 Å². The maximum absolute atomic E-state index is 11.4. The topological polar surface area (TPSA) is 78.4 Å². The first kappa shape index (κ1) is 13.5. The Labute approximate surface area is 104 Å². The van der Waals surface area contributed by atoms with Crippen molar-refractivity contribution in [2.45, 2.75) is 6.92 Å². The van der Waals surface area contributed by atoms with E-state index >= 15 is 0 Å². The third-order valence-electron chi connectivity index (χ3n) is 2.02. The lowest BCUT2D eigenvalue weighted by molar-refractivity contribution is -0.135. The first-order chi connectivity index (χ1) is 7.99. The molecule has 0 unspecified atom stereocenters. The van der Waals surface area contributed by atoms with E-state index in [4.69, 9.17) is 16.7 Å². The second-order valence-corrected chi connectivity index (χ2v) is 3.94. The number of rotatable bonds is 5. The third kappa shape index (κ3) is 4.84. The smallest absolute Gasteiger partial charge is 0.317 e. The number of anilines is 1. The van der Waals surface area contributed by atoms with Gasteiger partial charge in [-0.1, -0.05) is 11.6 Å². The number of benzene rings is 1. The van der Waals surface area contributed by atoms with Crippen molar-refractivity contribution >= 4 is 29.2 Å². The average Bonchev–Trinajstić information content (AvgIpc) is 2.21. The normalized spacial score (nSPS) is 10.0. The minimum absolute atomic E-state index is 0.0473. The molecule has 5 nitrogen and oxygen atoms in total. The second kappa shape index (κ2) is 6.22. The van der Waals surface area contributed by atoms with Crippen LogP contribution in [0.25, 0.3) is 0 Å². The van der Waals surface area contributed by atoms with Crippen molar-refractivity contribution < 1.29 is 14.7 Å². The molecule has 0 aliphatic heterocycles. The molecular weight excluding hydrogens is 244 g/mol. The molecule has 0 heterocycles. The molecule has 17 heavy (non-hydrogen) atoms. The fraction of sp³-hybridized carbons (Fsp3) is 0.273. The lowest BCUT2D eigenvalue weighted by atomic mass is 10.2. The molecule has 1 amide bonds. The Morgan fingerprint density at radius 3 is 2.65 bits per heavy atom. The summed E-state index contributed by atoms with van der Waals surface area (Å²) in [7, 11) is 0. The van der Waals surface area contributed by atoms with Crippen LogP contribution in [0.15, 0.2) is 18.2 Å². The summed E-state index contributed by atoms with van der Waals surface area (Å²) in [6.07, 6.45) is 0. The van der Waals surface area contributed by atoms with Crippen LogP contribution in [0, 0.1) is 6.92 Å². The largest absolute Gasteiger partial charge is 0.480 e. The van der Waals surface area contributed by atoms with Crippen LogP contribution in [0.2, 0.25) is 5.02 Å². The number of hydrogen-bond donors (Lipinski definition) is 3. The highest BCUT2D eigenvalue weighted by Crippen LogP contribution is 2.19. The van der Waals surface area contributed by atoms with Crippen LogP contribution in [0.5, 0.6) is 0 Å². The Morgan fingerprint density at radius 2 is 2.06 bits per heavy atom. The van der Waals surface area contributed by atoms with E-state index in [0.29, 0.717) is 10.7 Å². The Bertz CT molecular complexity index is 435. The third-order valence-corrected chi connectivity index (χ3v) is 2.26. The summed E-state index contributed by atoms with van der Waals surface area (Å²) < 4.78 is 0. The van der Waals surface area contributed by atoms with Crippen LogP contribution in [0.1, 0.15) is 5.56 Å². The predicted octanol–water partition coefficient (Wildman–Crippen LogP) is 1.26. The summed E-state index contributed by atoms with van der Waals surface area (Å²) >= 11 is 5.78. The minimum Gasteiger partial charge on any atom is -0.480 e. The number of carboxylic acid groups (broad SMARTS) is 1. The van der Waals surface area contributed by atoms with E-state index in [1.807, 2.05) is 6.92 Å². The highest BCUT2D eigenvalue weighted by molar-refractivity contribution is 6.30. The van der Waals surface area contributed by atoms with Gasteiger partial charge in [0, 0.05) is 10.7 Å². The van der Waals surface area contributed by atoms with E-state index in [1.165, 1.54) is 0 Å². The van der Waals surface area contributed by atoms with Crippen molar-refractivity contribution in [1.29, 1.82) is 0 Å². The highest BCUT2D eigenvalue weighted by Gasteiger charge is 2.05. The maximum Gasteiger partial charge on any atom is 0.317 e. The average molecular weight is 257 g/mol. The number of amides is 1. The summed E-state index contributed by atoms with van der Waals surface area (Å²) in [6.45, 7) is 1.54. The van der Waals surface area contributed by atoms with Crippen molar-refractivity contribution in [3.8, 4) is 0 Å². The number of aryl methyl sites for hydroxylation is 1. The fourth-order valence-corrected chi connectivity index (χ4v) is 1.47. The number of carbonyl (C=O) groups is 2. The summed E-state index contributed by atoms with van der Waals surface area (Å²) in [5, 5.41) is 14.1. The Balaban J connectivity index is 2.48. The van der Waals surface area contributed by atoms with Gasteiger partial charge in [-0.25, -0.2) is 0 Å². The number of carboxylic acids is 1. The van der Waals surface area contributed by atoms with E-state index < -0.39 is 5.97 Å². The molecule has 6 heteroatoms. The van der Waals surface area contributed by atoms with Crippen molar-refractivity contribution in [2.24, 2.45) is 0 Å². The van der Waals surface area contributed by atoms with Crippen molar-refractivity contribution in [2.75, 3.05) is 18.4 Å². The summed E-state index contributed by atoms with van der Waals surface area (Å²) in [6, 6.07) is 5.11. The first-order valence-corrected chi connectivity index (χ1v) is 5.35. The molecule has 0 saturated carbocycles. The summed E-state index contributed by atoms with van der Waals surface area (Å²) in [4.78, 5) is 21.7. The SMILES string of the molecule is Cc1cc(Cl)ccc1NC(=O)CNCC(=O)O. The van der Waals surface area contributed by atoms with Crippen LogP contribution >= 0.6 is 11.6 Å². The van der Waals surface area contributed by atoms with Gasteiger partial charge in [-0.2, -0.15) is 0 Å². The van der Waals surface area contributed by atoms with E-state index in [-0.39, 0.29) is 19.0 Å². The molecular formula is C11H13ClN2O3. The molecule has 0 atom stereocenters. The van der Waals surface area contributed by atoms with Gasteiger partial charge in [0.1, 0.15) is 0 Å². The van der Waals surface area contributed by atoms with Crippen molar-refractivity contribution in [3.05, 3.63) is 28.8 Å². The molecule has 0 fully saturated rings. The molecule has 3 N–H and O–H groups in total. The molecule has 0 saturated heterocycles. The van der Waals surface area contributed by atoms with Gasteiger partial charge in [0.15, 0.2) is 0 Å². The zero-order chi connectivity index (χ0) is 12.8. The maximum atomic E-state index is 11.4. The lowest BCUT2D eigenvalue weighted by Crippen LogP contribution is -2.31. The quantitative estimate of drug-likeness (QED) is 0.741. The zero-order valence-electron chi connectivity index (χ0n) is 9.29. The predicted molar refractivity (Wildman–Crippen MR) is 65.3 cm³/mol. The van der Waals surface area contributed by atoms with E-state index in [0.717, 1.165) is 5.56 Å². The molecule has 1 aromatic carbocycles. The van der Waals surface area contributed by atoms with Gasteiger partial charge < -0.3 is 10.4 Å². The van der Waals surface area contributed by atoms with Crippen LogP contribution < -0.4 is 10.6 Å². The standard InChI is InChI=1S/C11H13ClN2O3/c1-7-4-8(12)2-3-9(7)14-10(15)5-13-6-11(16)17/h2-4,13H,5-6H2,1H3,(H,14,15)(H,16,17). The molecule has 0 aromatic heterocycles. The number of carbonyl (C=O) groups excluding carboxylic acids is 1. The van der Waals surface area contributed by atoms with Gasteiger partial charge in [-0.05, 0) is 30.7 Å². The molecule has 1 rings (SSSR count). The molecule has 0 aliphatic rings. The van der Waals surface area contributed by atoms with E-state index in [9.17, 15) is 9.59 Å². The van der Waals surface area contributed by atoms with Gasteiger partial charge in [0.05, 0.1) is 13.1 Å². The zero-order valence-corrected chi connectivity index (χ0v) is 10.0. The fourth-order valence-electron chi connectivity index (χ4n) is 1.24. The van der Waals surface area contributed by atoms with Crippen LogP contribution in [-0.4, -0.2) is 30.1 Å². The number of aliphatic carboxylic acids is 1. The monoisotopic (exact) mass is 256 g/mol. The highest BCUT2D eigenvalue weighted by atomic mass is 35.5. The molecule has 0 aliphatic carbocycles. The second-order valence-electron chi connectivity index (χ2n) is 3.50. The van der Waals surface area contributed by atoms with Crippen LogP contribution in [0.3, 0.4) is 0 Å². The van der Waals surface area contributed by atoms with Gasteiger partial charge in [-0.15, -0.1) is 0 Å². The Morgan fingerprint density at radius 1 is 1.35 bits per heavy atom. The number of nitrogens with one attached hydrogen (secondary N) is 2. The van der Waals surface area contributed by atoms with Crippen LogP contribution in [-0.2, 0) is 9.59 Å². The number of hydrogen-bond acceptors (Lipinski definition) is 3. The molecule has 0 spiro atoms. The number of halogens is 1. The molecule has 0 bridgehead atoms. The molecule has 0 radical (unpaired) electrons. The summed E-state index contributed by atoms with van der Waals surface area (Å²) in [5.74, 6) is -1.29. The Hall–Kier alpha value is -1.59. The Kier molecular flexibility index (Phi) is 4.93. The van der Waals surface area contributed by atoms with Gasteiger partial charge in [0.2, 0.25) is 5.91 Å². The summed E-state index contributed by atoms with van der Waals surface area (Å²) in [5.41, 5.74) is 1.51. The van der Waals surface area contributed by atoms with E-state index in [1.54, 1.807) is 18.2 Å². The van der Waals surface area contributed by atoms with Crippen LogP contribution in [0.4, 0.5) is 5.69 Å². The van der Waals surface area contributed by atoms with Gasteiger partial charge in [-0.3, -0.25) is 14.9 Å². The van der Waals surface area contributed by atoms with Crippen molar-refractivity contribution in [3.63, 3.8) is 0 Å². The van der Waals surface area contributed by atoms with Gasteiger partial charge >= 0.3 is 5.97 Å². The first-order valence-electron chi connectivity index (χ1n) is 4.97. The van der Waals surface area contributed by atoms with E-state index in [2.05, 4.69) is 10.6 Å². The minimum atomic E-state index is -1.000. The molecule has 92 valence electrons. The molecule has 1 aromatic rings.